The summed E-state index contributed by atoms with van der Waals surface area (Å²) in [7, 11) is 0. The Morgan fingerprint density at radius 1 is 1.40 bits per heavy atom. The van der Waals surface area contributed by atoms with Crippen LogP contribution in [-0.2, 0) is 0 Å². The van der Waals surface area contributed by atoms with Crippen LogP contribution in [0.25, 0.3) is 5.69 Å². The van der Waals surface area contributed by atoms with Gasteiger partial charge in [-0.05, 0) is 43.0 Å². The number of nitrogens with zero attached hydrogens (tertiary/aromatic N) is 3. The molecule has 1 saturated carbocycles. The maximum Gasteiger partial charge on any atom is 0.251 e. The molecule has 3 N–H and O–H groups in total. The van der Waals surface area contributed by atoms with Gasteiger partial charge in [-0.15, -0.1) is 0 Å². The summed E-state index contributed by atoms with van der Waals surface area (Å²) in [5.41, 5.74) is 7.45. The Morgan fingerprint density at radius 3 is 2.75 bits per heavy atom. The Morgan fingerprint density at radius 2 is 2.15 bits per heavy atom. The lowest BCUT2D eigenvalue weighted by atomic mass is 10.1. The van der Waals surface area contributed by atoms with Crippen LogP contribution in [0.3, 0.4) is 0 Å². The van der Waals surface area contributed by atoms with E-state index in [0.29, 0.717) is 18.0 Å². The largest absolute Gasteiger partial charge is 0.350 e. The Labute approximate surface area is 117 Å². The van der Waals surface area contributed by atoms with Crippen molar-refractivity contribution in [1.82, 2.24) is 20.1 Å². The molecule has 6 heteroatoms. The summed E-state index contributed by atoms with van der Waals surface area (Å²) in [6, 6.07) is 7.30. The van der Waals surface area contributed by atoms with Crippen LogP contribution in [-0.4, -0.2) is 33.3 Å². The first-order valence-corrected chi connectivity index (χ1v) is 6.73. The number of hydrogen-bond acceptors (Lipinski definition) is 4. The molecule has 1 atom stereocenters. The average molecular weight is 271 g/mol. The van der Waals surface area contributed by atoms with E-state index in [1.165, 1.54) is 19.2 Å². The van der Waals surface area contributed by atoms with Gasteiger partial charge in [-0.2, -0.15) is 5.10 Å². The predicted molar refractivity (Wildman–Crippen MR) is 74.4 cm³/mol. The van der Waals surface area contributed by atoms with Gasteiger partial charge in [-0.3, -0.25) is 4.79 Å². The van der Waals surface area contributed by atoms with Crippen molar-refractivity contribution in [3.8, 4) is 5.69 Å². The minimum atomic E-state index is -0.0914. The maximum atomic E-state index is 12.0. The van der Waals surface area contributed by atoms with E-state index >= 15 is 0 Å². The lowest BCUT2D eigenvalue weighted by molar-refractivity contribution is 0.0950. The zero-order valence-electron chi connectivity index (χ0n) is 11.1. The Hall–Kier alpha value is -2.21. The van der Waals surface area contributed by atoms with Crippen molar-refractivity contribution in [2.24, 2.45) is 11.7 Å². The smallest absolute Gasteiger partial charge is 0.251 e. The molecule has 0 aliphatic heterocycles. The second-order valence-corrected chi connectivity index (χ2v) is 5.10. The van der Waals surface area contributed by atoms with Gasteiger partial charge in [0.1, 0.15) is 12.7 Å². The molecule has 1 fully saturated rings. The summed E-state index contributed by atoms with van der Waals surface area (Å²) in [4.78, 5) is 15.9. The fourth-order valence-corrected chi connectivity index (χ4v) is 2.11. The summed E-state index contributed by atoms with van der Waals surface area (Å²) in [5, 5.41) is 6.91. The van der Waals surface area contributed by atoms with Crippen LogP contribution in [0.1, 0.15) is 23.2 Å². The highest BCUT2D eigenvalue weighted by Gasteiger charge is 2.28. The minimum absolute atomic E-state index is 0.0772. The van der Waals surface area contributed by atoms with E-state index in [0.717, 1.165) is 5.69 Å². The third kappa shape index (κ3) is 2.85. The lowest BCUT2D eigenvalue weighted by Gasteiger charge is -2.11. The number of benzene rings is 1. The van der Waals surface area contributed by atoms with Gasteiger partial charge in [0.2, 0.25) is 0 Å². The van der Waals surface area contributed by atoms with Crippen molar-refractivity contribution in [3.05, 3.63) is 42.5 Å². The molecular weight excluding hydrogens is 254 g/mol. The average Bonchev–Trinajstić information content (AvgIpc) is 3.19. The minimum Gasteiger partial charge on any atom is -0.350 e. The lowest BCUT2D eigenvalue weighted by Crippen LogP contribution is -2.38. The number of carbonyl (C=O) groups is 1. The Balaban J connectivity index is 1.60. The molecule has 1 heterocycles. The van der Waals surface area contributed by atoms with Crippen LogP contribution in [0.2, 0.25) is 0 Å². The molecule has 1 aromatic heterocycles. The molecule has 1 aromatic carbocycles. The second-order valence-electron chi connectivity index (χ2n) is 5.10. The summed E-state index contributed by atoms with van der Waals surface area (Å²) >= 11 is 0. The van der Waals surface area contributed by atoms with Crippen molar-refractivity contribution >= 4 is 5.91 Å². The number of nitrogens with two attached hydrogens (primary N) is 1. The van der Waals surface area contributed by atoms with E-state index in [9.17, 15) is 4.79 Å². The zero-order chi connectivity index (χ0) is 13.9. The van der Waals surface area contributed by atoms with Gasteiger partial charge in [-0.25, -0.2) is 9.67 Å². The van der Waals surface area contributed by atoms with E-state index in [4.69, 9.17) is 5.73 Å². The summed E-state index contributed by atoms with van der Waals surface area (Å²) in [5.74, 6) is 0.497. The third-order valence-electron chi connectivity index (χ3n) is 3.54. The van der Waals surface area contributed by atoms with Crippen molar-refractivity contribution < 1.29 is 4.79 Å². The molecule has 6 nitrogen and oxygen atoms in total. The second kappa shape index (κ2) is 5.42. The number of nitrogens with one attached hydrogen (secondary N) is 1. The van der Waals surface area contributed by atoms with Crippen LogP contribution in [0.5, 0.6) is 0 Å². The quantitative estimate of drug-likeness (QED) is 0.839. The summed E-state index contributed by atoms with van der Waals surface area (Å²) in [6.07, 6.45) is 5.46. The van der Waals surface area contributed by atoms with Gasteiger partial charge in [0, 0.05) is 18.2 Å². The van der Waals surface area contributed by atoms with Crippen molar-refractivity contribution in [2.75, 3.05) is 6.54 Å². The van der Waals surface area contributed by atoms with Crippen LogP contribution >= 0.6 is 0 Å². The van der Waals surface area contributed by atoms with Crippen LogP contribution in [0.4, 0.5) is 0 Å². The highest BCUT2D eigenvalue weighted by molar-refractivity contribution is 5.94. The normalized spacial score (nSPS) is 15.8. The molecule has 1 amide bonds. The van der Waals surface area contributed by atoms with Crippen molar-refractivity contribution in [1.29, 1.82) is 0 Å². The molecule has 1 aliphatic carbocycles. The van der Waals surface area contributed by atoms with Crippen molar-refractivity contribution in [2.45, 2.75) is 18.9 Å². The molecule has 1 aliphatic rings. The van der Waals surface area contributed by atoms with Gasteiger partial charge in [-0.1, -0.05) is 0 Å². The molecule has 0 bridgehead atoms. The molecule has 20 heavy (non-hydrogen) atoms. The first-order valence-electron chi connectivity index (χ1n) is 6.73. The highest BCUT2D eigenvalue weighted by Crippen LogP contribution is 2.31. The Kier molecular flexibility index (Phi) is 3.47. The number of amides is 1. The van der Waals surface area contributed by atoms with Gasteiger partial charge in [0.05, 0.1) is 5.69 Å². The molecule has 2 aromatic rings. The van der Waals surface area contributed by atoms with Gasteiger partial charge >= 0.3 is 0 Å². The zero-order valence-corrected chi connectivity index (χ0v) is 11.1. The topological polar surface area (TPSA) is 85.8 Å². The first kappa shape index (κ1) is 12.8. The molecule has 0 spiro atoms. The fourth-order valence-electron chi connectivity index (χ4n) is 2.11. The number of rotatable bonds is 5. The molecule has 1 unspecified atom stereocenters. The SMILES string of the molecule is NC(CNC(=O)c1ccc(-n2cncn2)cc1)C1CC1. The van der Waals surface area contributed by atoms with Crippen LogP contribution in [0.15, 0.2) is 36.9 Å². The maximum absolute atomic E-state index is 12.0. The van der Waals surface area contributed by atoms with Gasteiger partial charge < -0.3 is 11.1 Å². The summed E-state index contributed by atoms with van der Waals surface area (Å²) < 4.78 is 1.64. The van der Waals surface area contributed by atoms with E-state index < -0.39 is 0 Å². The number of aromatic nitrogens is 3. The number of hydrogen-bond donors (Lipinski definition) is 2. The molecular formula is C14H17N5O. The summed E-state index contributed by atoms with van der Waals surface area (Å²) in [6.45, 7) is 0.536. The van der Waals surface area contributed by atoms with Gasteiger partial charge in [0.15, 0.2) is 0 Å². The van der Waals surface area contributed by atoms with Crippen LogP contribution < -0.4 is 11.1 Å². The monoisotopic (exact) mass is 271 g/mol. The molecule has 3 rings (SSSR count). The highest BCUT2D eigenvalue weighted by atomic mass is 16.1. The van der Waals surface area contributed by atoms with E-state index in [1.54, 1.807) is 23.1 Å². The first-order chi connectivity index (χ1) is 9.74. The third-order valence-corrected chi connectivity index (χ3v) is 3.54. The predicted octanol–water partition coefficient (Wildman–Crippen LogP) is 0.734. The van der Waals surface area contributed by atoms with Crippen LogP contribution in [0, 0.1) is 5.92 Å². The van der Waals surface area contributed by atoms with E-state index in [2.05, 4.69) is 15.4 Å². The number of carbonyl (C=O) groups excluding carboxylic acids is 1. The fraction of sp³-hybridized carbons (Fsp3) is 0.357. The molecule has 104 valence electrons. The van der Waals surface area contributed by atoms with E-state index in [-0.39, 0.29) is 11.9 Å². The standard InChI is InChI=1S/C14H17N5O/c15-13(10-1-2-10)7-17-14(20)11-3-5-12(6-4-11)19-9-16-8-18-19/h3-6,8-10,13H,1-2,7,15H2,(H,17,20). The molecule has 0 saturated heterocycles. The van der Waals surface area contributed by atoms with E-state index in [1.807, 2.05) is 12.1 Å². The molecule has 0 radical (unpaired) electrons. The Bertz CT molecular complexity index is 574. The van der Waals surface area contributed by atoms with Crippen molar-refractivity contribution in [3.63, 3.8) is 0 Å². The van der Waals surface area contributed by atoms with Gasteiger partial charge in [0.25, 0.3) is 5.91 Å².